The van der Waals surface area contributed by atoms with E-state index >= 15 is 0 Å². The van der Waals surface area contributed by atoms with Gasteiger partial charge >= 0.3 is 0 Å². The minimum absolute atomic E-state index is 0.0148. The molecule has 0 N–H and O–H groups in total. The van der Waals surface area contributed by atoms with Crippen LogP contribution < -0.4 is 14.2 Å². The van der Waals surface area contributed by atoms with E-state index in [0.29, 0.717) is 68.1 Å². The Morgan fingerprint density at radius 1 is 1.12 bits per heavy atom. The summed E-state index contributed by atoms with van der Waals surface area (Å²) in [4.78, 5) is 23.8. The molecule has 0 amide bonds. The number of hydrogen-bond acceptors (Lipinski definition) is 10. The number of benzene rings is 2. The monoisotopic (exact) mass is 592 g/mol. The van der Waals surface area contributed by atoms with Crippen LogP contribution in [0.2, 0.25) is 5.02 Å². The van der Waals surface area contributed by atoms with Crippen LogP contribution in [0.4, 0.5) is 0 Å². The molecule has 1 spiro atoms. The van der Waals surface area contributed by atoms with Gasteiger partial charge in [-0.1, -0.05) is 22.8 Å². The molecular formula is C31H33ClN4O6. The Bertz CT molecular complexity index is 1590. The highest BCUT2D eigenvalue weighted by Gasteiger charge is 2.43. The molecule has 6 rings (SSSR count). The molecule has 0 bridgehead atoms. The van der Waals surface area contributed by atoms with Gasteiger partial charge in [0.2, 0.25) is 5.88 Å². The smallest absolute Gasteiger partial charge is 0.230 e. The van der Waals surface area contributed by atoms with Crippen molar-refractivity contribution >= 4 is 28.3 Å². The summed E-state index contributed by atoms with van der Waals surface area (Å²) >= 11 is 6.52. The van der Waals surface area contributed by atoms with Crippen LogP contribution in [0, 0.1) is 12.3 Å². The number of aromatic nitrogens is 3. The molecule has 10 nitrogen and oxygen atoms in total. The first-order valence-electron chi connectivity index (χ1n) is 14.1. The van der Waals surface area contributed by atoms with Gasteiger partial charge in [0.25, 0.3) is 0 Å². The molecule has 220 valence electrons. The number of methoxy groups -OCH3 is 1. The second-order valence-corrected chi connectivity index (χ2v) is 11.5. The largest absolute Gasteiger partial charge is 0.493 e. The lowest BCUT2D eigenvalue weighted by molar-refractivity contribution is -0.117. The molecule has 2 aliphatic rings. The van der Waals surface area contributed by atoms with Crippen molar-refractivity contribution in [1.82, 2.24) is 20.0 Å². The fourth-order valence-electron chi connectivity index (χ4n) is 5.53. The Morgan fingerprint density at radius 3 is 2.71 bits per heavy atom. The number of ketones is 1. The molecule has 4 heterocycles. The highest BCUT2D eigenvalue weighted by atomic mass is 35.5. The zero-order valence-corrected chi connectivity index (χ0v) is 24.5. The van der Waals surface area contributed by atoms with E-state index < -0.39 is 0 Å². The van der Waals surface area contributed by atoms with Crippen LogP contribution in [-0.4, -0.2) is 72.4 Å². The minimum Gasteiger partial charge on any atom is -0.493 e. The highest BCUT2D eigenvalue weighted by molar-refractivity contribution is 6.31. The number of aryl methyl sites for hydroxylation is 1. The normalized spacial score (nSPS) is 16.1. The summed E-state index contributed by atoms with van der Waals surface area (Å²) in [5.74, 6) is 2.69. The first kappa shape index (κ1) is 28.4. The maximum Gasteiger partial charge on any atom is 0.230 e. The Morgan fingerprint density at radius 2 is 2.00 bits per heavy atom. The van der Waals surface area contributed by atoms with Crippen molar-refractivity contribution in [3.63, 3.8) is 0 Å². The summed E-state index contributed by atoms with van der Waals surface area (Å²) in [7, 11) is 1.60. The summed E-state index contributed by atoms with van der Waals surface area (Å²) in [6.45, 7) is 7.38. The van der Waals surface area contributed by atoms with Gasteiger partial charge in [-0.3, -0.25) is 4.79 Å². The van der Waals surface area contributed by atoms with E-state index in [9.17, 15) is 4.79 Å². The lowest BCUT2D eigenvalue weighted by atomic mass is 9.85. The predicted octanol–water partition coefficient (Wildman–Crippen LogP) is 5.23. The number of carbonyl (C=O) groups excluding carboxylic acids is 1. The number of halogens is 1. The van der Waals surface area contributed by atoms with Gasteiger partial charge in [-0.2, -0.15) is 0 Å². The van der Waals surface area contributed by atoms with Gasteiger partial charge in [0.15, 0.2) is 11.5 Å². The highest BCUT2D eigenvalue weighted by Crippen LogP contribution is 2.38. The molecule has 2 saturated heterocycles. The van der Waals surface area contributed by atoms with Crippen LogP contribution in [0.25, 0.3) is 10.9 Å². The van der Waals surface area contributed by atoms with Crippen molar-refractivity contribution in [3.05, 3.63) is 64.8 Å². The fraction of sp³-hybridized carbons (Fsp3) is 0.419. The van der Waals surface area contributed by atoms with Crippen molar-refractivity contribution in [1.29, 1.82) is 0 Å². The third-order valence-electron chi connectivity index (χ3n) is 7.78. The third kappa shape index (κ3) is 6.35. The third-order valence-corrected chi connectivity index (χ3v) is 8.13. The Hall–Kier alpha value is -3.73. The summed E-state index contributed by atoms with van der Waals surface area (Å²) in [6, 6.07) is 10.6. The van der Waals surface area contributed by atoms with E-state index in [1.54, 1.807) is 38.3 Å². The van der Waals surface area contributed by atoms with Gasteiger partial charge in [-0.05, 0) is 50.1 Å². The number of ether oxygens (including phenoxy) is 4. The number of nitrogens with zero attached hydrogens (tertiary/aromatic N) is 4. The van der Waals surface area contributed by atoms with Crippen molar-refractivity contribution in [2.24, 2.45) is 5.41 Å². The molecule has 42 heavy (non-hydrogen) atoms. The van der Waals surface area contributed by atoms with E-state index in [0.717, 1.165) is 39.3 Å². The summed E-state index contributed by atoms with van der Waals surface area (Å²) in [5.41, 5.74) is 2.37. The molecule has 0 unspecified atom stereocenters. The average Bonchev–Trinajstić information content (AvgIpc) is 3.58. The number of hydrogen-bond donors (Lipinski definition) is 0. The van der Waals surface area contributed by atoms with Crippen LogP contribution in [0.1, 0.15) is 29.9 Å². The molecule has 2 aromatic carbocycles. The minimum atomic E-state index is -0.0148. The molecule has 2 fully saturated rings. The van der Waals surface area contributed by atoms with E-state index in [2.05, 4.69) is 20.0 Å². The van der Waals surface area contributed by atoms with Gasteiger partial charge in [0, 0.05) is 42.1 Å². The molecule has 0 radical (unpaired) electrons. The summed E-state index contributed by atoms with van der Waals surface area (Å²) < 4.78 is 28.3. The summed E-state index contributed by atoms with van der Waals surface area (Å²) in [5, 5.41) is 4.98. The van der Waals surface area contributed by atoms with Gasteiger partial charge in [-0.15, -0.1) is 0 Å². The SMILES string of the molecule is COc1cc2c(Oc3ccc(CC(=O)Cc4cc(C)on4)c(Cl)c3)ncnc2cc1OCCCN1CCC2(COC2)C1. The van der Waals surface area contributed by atoms with E-state index in [-0.39, 0.29) is 18.6 Å². The molecule has 11 heteroatoms. The number of carbonyl (C=O) groups is 1. The molecule has 2 aromatic heterocycles. The quantitative estimate of drug-likeness (QED) is 0.203. The fourth-order valence-corrected chi connectivity index (χ4v) is 5.77. The zero-order valence-electron chi connectivity index (χ0n) is 23.7. The van der Waals surface area contributed by atoms with Crippen molar-refractivity contribution in [3.8, 4) is 23.1 Å². The topological polar surface area (TPSA) is 109 Å². The maximum absolute atomic E-state index is 12.5. The summed E-state index contributed by atoms with van der Waals surface area (Å²) in [6.07, 6.45) is 3.94. The number of fused-ring (bicyclic) bond motifs is 1. The lowest BCUT2D eigenvalue weighted by Crippen LogP contribution is -2.44. The molecule has 0 atom stereocenters. The van der Waals surface area contributed by atoms with Crippen LogP contribution in [-0.2, 0) is 22.4 Å². The first-order chi connectivity index (χ1) is 20.4. The maximum atomic E-state index is 12.5. The molecule has 0 saturated carbocycles. The second-order valence-electron chi connectivity index (χ2n) is 11.1. The van der Waals surface area contributed by atoms with Gasteiger partial charge < -0.3 is 28.4 Å². The molecule has 0 aliphatic carbocycles. The van der Waals surface area contributed by atoms with Crippen molar-refractivity contribution in [2.45, 2.75) is 32.6 Å². The Kier molecular flexibility index (Phi) is 8.28. The van der Waals surface area contributed by atoms with Gasteiger partial charge in [0.1, 0.15) is 23.6 Å². The van der Waals surface area contributed by atoms with E-state index in [4.69, 9.17) is 35.1 Å². The lowest BCUT2D eigenvalue weighted by Gasteiger charge is -2.37. The number of Topliss-reactive ketones (excluding diaryl/α,β-unsaturated/α-hetero) is 1. The van der Waals surface area contributed by atoms with E-state index in [1.807, 2.05) is 12.1 Å². The number of rotatable bonds is 12. The molecule has 4 aromatic rings. The van der Waals surface area contributed by atoms with Crippen LogP contribution in [0.3, 0.4) is 0 Å². The zero-order chi connectivity index (χ0) is 29.1. The second kappa shape index (κ2) is 12.2. The predicted molar refractivity (Wildman–Crippen MR) is 156 cm³/mol. The molecular weight excluding hydrogens is 560 g/mol. The number of likely N-dealkylation sites (tertiary alicyclic amines) is 1. The molecule has 2 aliphatic heterocycles. The Balaban J connectivity index is 1.09. The van der Waals surface area contributed by atoms with Gasteiger partial charge in [0.05, 0.1) is 49.9 Å². The van der Waals surface area contributed by atoms with Crippen molar-refractivity contribution in [2.75, 3.05) is 46.6 Å². The van der Waals surface area contributed by atoms with Crippen LogP contribution in [0.15, 0.2) is 47.2 Å². The van der Waals surface area contributed by atoms with Gasteiger partial charge in [-0.25, -0.2) is 9.97 Å². The Labute approximate surface area is 248 Å². The first-order valence-corrected chi connectivity index (χ1v) is 14.4. The van der Waals surface area contributed by atoms with Crippen LogP contribution >= 0.6 is 11.6 Å². The van der Waals surface area contributed by atoms with Crippen molar-refractivity contribution < 1.29 is 28.3 Å². The van der Waals surface area contributed by atoms with E-state index in [1.165, 1.54) is 12.7 Å². The van der Waals surface area contributed by atoms with Crippen LogP contribution in [0.5, 0.6) is 23.1 Å². The average molecular weight is 593 g/mol. The standard InChI is InChI=1S/C31H33ClN4O6/c1-20-10-22(35-42-20)12-23(37)11-21-4-5-24(13-26(21)32)41-30-25-14-28(38-2)29(15-27(25)33-19-34-30)40-9-3-7-36-8-6-31(16-36)17-39-18-31/h4-5,10,13-15,19H,3,6-9,11-12,16-18H2,1-2H3.